The smallest absolute Gasteiger partial charge is 0.269 e. The lowest BCUT2D eigenvalue weighted by Crippen LogP contribution is -2.44. The highest BCUT2D eigenvalue weighted by Crippen LogP contribution is 2.12. The Morgan fingerprint density at radius 1 is 1.47 bits per heavy atom. The Labute approximate surface area is 110 Å². The molecule has 7 nitrogen and oxygen atoms in total. The molecule has 0 bridgehead atoms. The van der Waals surface area contributed by atoms with E-state index in [1.54, 1.807) is 6.92 Å². The minimum atomic E-state index is -0.695. The van der Waals surface area contributed by atoms with Gasteiger partial charge in [0.15, 0.2) is 0 Å². The van der Waals surface area contributed by atoms with Crippen LogP contribution < -0.4 is 11.1 Å². The van der Waals surface area contributed by atoms with E-state index in [1.807, 2.05) is 0 Å². The molecule has 104 valence electrons. The van der Waals surface area contributed by atoms with Gasteiger partial charge in [-0.25, -0.2) is 0 Å². The molecule has 0 aromatic heterocycles. The summed E-state index contributed by atoms with van der Waals surface area (Å²) in [4.78, 5) is 21.5. The first kappa shape index (κ1) is 15.1. The molecule has 19 heavy (non-hydrogen) atoms. The molecule has 0 aliphatic heterocycles. The minimum Gasteiger partial charge on any atom is -0.392 e. The zero-order valence-corrected chi connectivity index (χ0v) is 10.6. The maximum Gasteiger partial charge on any atom is 0.269 e. The van der Waals surface area contributed by atoms with E-state index in [0.29, 0.717) is 5.56 Å². The molecule has 1 rings (SSSR count). The quantitative estimate of drug-likeness (QED) is 0.493. The number of amides is 1. The summed E-state index contributed by atoms with van der Waals surface area (Å²) >= 11 is 0. The van der Waals surface area contributed by atoms with Crippen molar-refractivity contribution in [1.82, 2.24) is 5.32 Å². The summed E-state index contributed by atoms with van der Waals surface area (Å²) in [5.74, 6) is -0.245. The van der Waals surface area contributed by atoms with Crippen LogP contribution in [-0.4, -0.2) is 34.6 Å². The molecule has 2 atom stereocenters. The molecule has 1 amide bonds. The second-order valence-electron chi connectivity index (χ2n) is 4.31. The largest absolute Gasteiger partial charge is 0.392 e. The second kappa shape index (κ2) is 6.81. The number of benzene rings is 1. The average Bonchev–Trinajstić information content (AvgIpc) is 2.36. The van der Waals surface area contributed by atoms with Gasteiger partial charge in [-0.15, -0.1) is 0 Å². The third-order valence-corrected chi connectivity index (χ3v) is 2.67. The Bertz CT molecular complexity index is 445. The Balaban J connectivity index is 2.46. The molecule has 4 N–H and O–H groups in total. The van der Waals surface area contributed by atoms with Crippen molar-refractivity contribution in [2.24, 2.45) is 5.73 Å². The molecular formula is C12H17N3O4. The van der Waals surface area contributed by atoms with Crippen LogP contribution in [0.4, 0.5) is 5.69 Å². The second-order valence-corrected chi connectivity index (χ2v) is 4.31. The molecule has 1 aromatic rings. The number of hydrogen-bond donors (Lipinski definition) is 3. The number of aliphatic hydroxyl groups is 1. The lowest BCUT2D eigenvalue weighted by Gasteiger charge is -2.15. The van der Waals surface area contributed by atoms with Gasteiger partial charge in [-0.05, 0) is 12.5 Å². The van der Waals surface area contributed by atoms with Gasteiger partial charge < -0.3 is 16.2 Å². The van der Waals surface area contributed by atoms with Gasteiger partial charge in [0.1, 0.15) is 0 Å². The van der Waals surface area contributed by atoms with Crippen molar-refractivity contribution in [2.45, 2.75) is 25.5 Å². The Hall–Kier alpha value is -1.99. The van der Waals surface area contributed by atoms with Gasteiger partial charge in [0.2, 0.25) is 5.91 Å². The van der Waals surface area contributed by atoms with E-state index >= 15 is 0 Å². The molecule has 0 radical (unpaired) electrons. The molecule has 2 unspecified atom stereocenters. The van der Waals surface area contributed by atoms with Crippen LogP contribution in [0.3, 0.4) is 0 Å². The number of hydrogen-bond acceptors (Lipinski definition) is 5. The van der Waals surface area contributed by atoms with Crippen molar-refractivity contribution in [1.29, 1.82) is 0 Å². The Kier molecular flexibility index (Phi) is 5.40. The number of rotatable bonds is 6. The van der Waals surface area contributed by atoms with Crippen molar-refractivity contribution in [3.8, 4) is 0 Å². The summed E-state index contributed by atoms with van der Waals surface area (Å²) in [7, 11) is 0. The van der Waals surface area contributed by atoms with E-state index in [-0.39, 0.29) is 24.6 Å². The summed E-state index contributed by atoms with van der Waals surface area (Å²) in [5, 5.41) is 22.2. The van der Waals surface area contributed by atoms with Gasteiger partial charge in [0.25, 0.3) is 5.69 Å². The lowest BCUT2D eigenvalue weighted by molar-refractivity contribution is -0.384. The highest BCUT2D eigenvalue weighted by Gasteiger charge is 2.11. The predicted octanol–water partition coefficient (Wildman–Crippen LogP) is -0.0384. The zero-order chi connectivity index (χ0) is 14.4. The van der Waals surface area contributed by atoms with Gasteiger partial charge in [-0.1, -0.05) is 12.1 Å². The van der Waals surface area contributed by atoms with Crippen molar-refractivity contribution >= 4 is 11.6 Å². The van der Waals surface area contributed by atoms with E-state index < -0.39 is 17.1 Å². The number of non-ortho nitro benzene ring substituents is 1. The van der Waals surface area contributed by atoms with Gasteiger partial charge >= 0.3 is 0 Å². The van der Waals surface area contributed by atoms with Crippen LogP contribution in [0.25, 0.3) is 0 Å². The van der Waals surface area contributed by atoms with Crippen molar-refractivity contribution < 1.29 is 14.8 Å². The summed E-state index contributed by atoms with van der Waals surface area (Å²) in [6.07, 6.45) is -0.579. The van der Waals surface area contributed by atoms with E-state index in [2.05, 4.69) is 5.32 Å². The summed E-state index contributed by atoms with van der Waals surface area (Å²) < 4.78 is 0. The fourth-order valence-corrected chi connectivity index (χ4v) is 1.39. The molecule has 0 heterocycles. The molecule has 1 aromatic carbocycles. The van der Waals surface area contributed by atoms with Crippen molar-refractivity contribution in [2.75, 3.05) is 6.54 Å². The van der Waals surface area contributed by atoms with Crippen LogP contribution in [0.1, 0.15) is 12.5 Å². The number of carbonyl (C=O) groups excluding carboxylic acids is 1. The Morgan fingerprint density at radius 3 is 2.53 bits per heavy atom. The summed E-state index contributed by atoms with van der Waals surface area (Å²) in [6, 6.07) is 5.26. The minimum absolute atomic E-state index is 0.0136. The predicted molar refractivity (Wildman–Crippen MR) is 69.5 cm³/mol. The molecule has 0 aliphatic rings. The molecule has 0 aliphatic carbocycles. The molecular weight excluding hydrogens is 250 g/mol. The maximum atomic E-state index is 11.6. The number of aliphatic hydroxyl groups excluding tert-OH is 1. The number of nitro groups is 1. The van der Waals surface area contributed by atoms with Gasteiger partial charge in [-0.3, -0.25) is 14.9 Å². The van der Waals surface area contributed by atoms with Crippen molar-refractivity contribution in [3.05, 3.63) is 39.9 Å². The fraction of sp³-hybridized carbons (Fsp3) is 0.417. The monoisotopic (exact) mass is 267 g/mol. The maximum absolute atomic E-state index is 11.6. The Morgan fingerprint density at radius 2 is 2.05 bits per heavy atom. The first-order chi connectivity index (χ1) is 8.90. The van der Waals surface area contributed by atoms with Gasteiger partial charge in [-0.2, -0.15) is 0 Å². The highest BCUT2D eigenvalue weighted by molar-refractivity contribution is 5.78. The number of nitro benzene ring substituents is 1. The van der Waals surface area contributed by atoms with E-state index in [4.69, 9.17) is 10.8 Å². The molecule has 7 heteroatoms. The third-order valence-electron chi connectivity index (χ3n) is 2.67. The van der Waals surface area contributed by atoms with E-state index in [9.17, 15) is 14.9 Å². The van der Waals surface area contributed by atoms with E-state index in [0.717, 1.165) is 0 Å². The number of nitrogens with one attached hydrogen (secondary N) is 1. The first-order valence-corrected chi connectivity index (χ1v) is 5.84. The van der Waals surface area contributed by atoms with Crippen LogP contribution in [-0.2, 0) is 11.2 Å². The number of nitrogens with two attached hydrogens (primary N) is 1. The van der Waals surface area contributed by atoms with Crippen LogP contribution in [0.2, 0.25) is 0 Å². The number of carbonyl (C=O) groups is 1. The fourth-order valence-electron chi connectivity index (χ4n) is 1.39. The first-order valence-electron chi connectivity index (χ1n) is 5.84. The standard InChI is InChI=1S/C12H17N3O4/c1-8(16)11(13)7-14-12(17)6-9-2-4-10(5-3-9)15(18)19/h2-5,8,11,16H,6-7,13H2,1H3,(H,14,17). The van der Waals surface area contributed by atoms with Crippen molar-refractivity contribution in [3.63, 3.8) is 0 Å². The molecule has 0 fully saturated rings. The topological polar surface area (TPSA) is 118 Å². The third kappa shape index (κ3) is 5.02. The molecule has 0 saturated heterocycles. The molecule has 0 spiro atoms. The lowest BCUT2D eigenvalue weighted by atomic mass is 10.1. The van der Waals surface area contributed by atoms with Crippen LogP contribution >= 0.6 is 0 Å². The average molecular weight is 267 g/mol. The summed E-state index contributed by atoms with van der Waals surface area (Å²) in [5.41, 5.74) is 6.23. The van der Waals surface area contributed by atoms with E-state index in [1.165, 1.54) is 24.3 Å². The van der Waals surface area contributed by atoms with Gasteiger partial charge in [0, 0.05) is 24.7 Å². The summed E-state index contributed by atoms with van der Waals surface area (Å²) in [6.45, 7) is 1.73. The number of nitrogens with zero attached hydrogens (tertiary/aromatic N) is 1. The molecule has 0 saturated carbocycles. The van der Waals surface area contributed by atoms with Gasteiger partial charge in [0.05, 0.1) is 17.4 Å². The highest BCUT2D eigenvalue weighted by atomic mass is 16.6. The normalized spacial score (nSPS) is 13.6. The van der Waals surface area contributed by atoms with Crippen LogP contribution in [0.15, 0.2) is 24.3 Å². The zero-order valence-electron chi connectivity index (χ0n) is 10.6. The van der Waals surface area contributed by atoms with Crippen LogP contribution in [0, 0.1) is 10.1 Å². The van der Waals surface area contributed by atoms with Crippen LogP contribution in [0.5, 0.6) is 0 Å². The SMILES string of the molecule is CC(O)C(N)CNC(=O)Cc1ccc([N+](=O)[O-])cc1.